The van der Waals surface area contributed by atoms with Crippen LogP contribution in [0.2, 0.25) is 0 Å². The Morgan fingerprint density at radius 3 is 3.04 bits per heavy atom. The van der Waals surface area contributed by atoms with Gasteiger partial charge in [-0.3, -0.25) is 14.7 Å². The molecule has 1 aromatic carbocycles. The number of amides is 2. The summed E-state index contributed by atoms with van der Waals surface area (Å²) in [6.07, 6.45) is 6.59. The number of anilines is 1. The number of hydrogen-bond acceptors (Lipinski definition) is 4. The molecule has 0 saturated carbocycles. The van der Waals surface area contributed by atoms with Gasteiger partial charge in [0.15, 0.2) is 0 Å². The number of aromatic nitrogens is 4. The largest absolute Gasteiger partial charge is 0.334 e. The predicted octanol–water partition coefficient (Wildman–Crippen LogP) is 1.98. The minimum atomic E-state index is -0.0674. The number of nitrogens with zero attached hydrogens (tertiary/aromatic N) is 5. The van der Waals surface area contributed by atoms with Crippen molar-refractivity contribution < 1.29 is 9.59 Å². The smallest absolute Gasteiger partial charge is 0.246 e. The number of imidazole rings is 1. The summed E-state index contributed by atoms with van der Waals surface area (Å²) in [5.41, 5.74) is 1.72. The molecule has 8 nitrogen and oxygen atoms in total. The minimum Gasteiger partial charge on any atom is -0.334 e. The first-order valence-corrected chi connectivity index (χ1v) is 9.59. The third kappa shape index (κ3) is 3.37. The fraction of sp³-hybridized carbons (Fsp3) is 0.400. The van der Waals surface area contributed by atoms with Crippen LogP contribution in [0.15, 0.2) is 36.8 Å². The van der Waals surface area contributed by atoms with Gasteiger partial charge in [-0.15, -0.1) is 0 Å². The average Bonchev–Trinajstić information content (AvgIpc) is 3.35. The second-order valence-electron chi connectivity index (χ2n) is 7.16. The van der Waals surface area contributed by atoms with Crippen LogP contribution in [0.3, 0.4) is 0 Å². The molecule has 1 aliphatic rings. The molecule has 0 bridgehead atoms. The Morgan fingerprint density at radius 2 is 2.21 bits per heavy atom. The maximum Gasteiger partial charge on any atom is 0.246 e. The number of aryl methyl sites for hydroxylation is 2. The Balaban J connectivity index is 1.42. The second-order valence-corrected chi connectivity index (χ2v) is 7.16. The van der Waals surface area contributed by atoms with E-state index in [-0.39, 0.29) is 24.4 Å². The third-order valence-corrected chi connectivity index (χ3v) is 5.33. The monoisotopic (exact) mass is 380 g/mol. The summed E-state index contributed by atoms with van der Waals surface area (Å²) in [5.74, 6) is 0.901. The van der Waals surface area contributed by atoms with Gasteiger partial charge >= 0.3 is 0 Å². The van der Waals surface area contributed by atoms with Gasteiger partial charge in [-0.1, -0.05) is 6.92 Å². The molecule has 0 spiro atoms. The summed E-state index contributed by atoms with van der Waals surface area (Å²) in [5, 5.41) is 7.96. The number of fused-ring (bicyclic) bond motifs is 1. The van der Waals surface area contributed by atoms with Crippen LogP contribution in [0.25, 0.3) is 10.9 Å². The molecule has 8 heteroatoms. The topological polar surface area (TPSA) is 87.1 Å². The van der Waals surface area contributed by atoms with E-state index in [1.807, 2.05) is 42.8 Å². The van der Waals surface area contributed by atoms with E-state index in [2.05, 4.69) is 15.2 Å². The summed E-state index contributed by atoms with van der Waals surface area (Å²) in [6, 6.07) is 5.75. The normalized spacial score (nSPS) is 17.5. The van der Waals surface area contributed by atoms with Gasteiger partial charge in [0, 0.05) is 55.4 Å². The number of piperazine rings is 1. The van der Waals surface area contributed by atoms with E-state index in [0.29, 0.717) is 19.5 Å². The van der Waals surface area contributed by atoms with Gasteiger partial charge in [-0.2, -0.15) is 5.10 Å². The number of aromatic amines is 1. The maximum absolute atomic E-state index is 12.8. The van der Waals surface area contributed by atoms with Crippen molar-refractivity contribution in [1.82, 2.24) is 24.6 Å². The molecule has 0 aliphatic carbocycles. The van der Waals surface area contributed by atoms with E-state index < -0.39 is 0 Å². The van der Waals surface area contributed by atoms with Crippen LogP contribution in [0.4, 0.5) is 5.69 Å². The van der Waals surface area contributed by atoms with Gasteiger partial charge in [0.05, 0.1) is 11.7 Å². The summed E-state index contributed by atoms with van der Waals surface area (Å²) in [6.45, 7) is 5.20. The summed E-state index contributed by atoms with van der Waals surface area (Å²) >= 11 is 0. The van der Waals surface area contributed by atoms with E-state index >= 15 is 0 Å². The van der Waals surface area contributed by atoms with Crippen molar-refractivity contribution in [3.63, 3.8) is 0 Å². The highest BCUT2D eigenvalue weighted by Crippen LogP contribution is 2.24. The number of benzene rings is 1. The Hall–Kier alpha value is -3.16. The van der Waals surface area contributed by atoms with Crippen molar-refractivity contribution in [3.05, 3.63) is 42.6 Å². The van der Waals surface area contributed by atoms with E-state index in [1.165, 1.54) is 0 Å². The van der Waals surface area contributed by atoms with E-state index in [4.69, 9.17) is 0 Å². The second kappa shape index (κ2) is 7.46. The number of carbonyl (C=O) groups is 2. The van der Waals surface area contributed by atoms with Crippen molar-refractivity contribution in [1.29, 1.82) is 0 Å². The van der Waals surface area contributed by atoms with E-state index in [1.54, 1.807) is 22.2 Å². The van der Waals surface area contributed by atoms with Crippen molar-refractivity contribution in [2.75, 3.05) is 18.0 Å². The molecule has 1 saturated heterocycles. The van der Waals surface area contributed by atoms with Crippen LogP contribution in [0, 0.1) is 0 Å². The Kier molecular flexibility index (Phi) is 4.85. The van der Waals surface area contributed by atoms with Crippen LogP contribution in [0.5, 0.6) is 0 Å². The molecule has 1 fully saturated rings. The molecule has 28 heavy (non-hydrogen) atoms. The van der Waals surface area contributed by atoms with Crippen molar-refractivity contribution in [2.45, 2.75) is 39.3 Å². The van der Waals surface area contributed by atoms with Crippen LogP contribution in [0.1, 0.15) is 26.1 Å². The van der Waals surface area contributed by atoms with Crippen molar-refractivity contribution in [2.24, 2.45) is 0 Å². The molecule has 1 aliphatic heterocycles. The SMILES string of the molecule is CCc1nccn1CCC(=O)N1CC(=O)N(c2ccc3cn[nH]c3c2)C[C@@H]1C. The molecule has 1 atom stereocenters. The van der Waals surface area contributed by atoms with Gasteiger partial charge in [0.2, 0.25) is 11.8 Å². The van der Waals surface area contributed by atoms with Crippen LogP contribution >= 0.6 is 0 Å². The summed E-state index contributed by atoms with van der Waals surface area (Å²) < 4.78 is 2.00. The molecule has 2 amide bonds. The zero-order chi connectivity index (χ0) is 19.7. The standard InChI is InChI=1S/C20H24N6O2/c1-3-18-21-7-9-24(18)8-6-19(27)25-13-20(28)26(12-14(25)2)16-5-4-15-11-22-23-17(15)10-16/h4-5,7,9-11,14H,3,6,8,12-13H2,1-2H3,(H,22,23)/t14-/m0/s1. The van der Waals surface area contributed by atoms with Gasteiger partial charge < -0.3 is 14.4 Å². The first-order valence-electron chi connectivity index (χ1n) is 9.59. The Morgan fingerprint density at radius 1 is 1.36 bits per heavy atom. The molecule has 4 rings (SSSR count). The third-order valence-electron chi connectivity index (χ3n) is 5.33. The highest BCUT2D eigenvalue weighted by atomic mass is 16.2. The van der Waals surface area contributed by atoms with Crippen molar-refractivity contribution in [3.8, 4) is 0 Å². The zero-order valence-corrected chi connectivity index (χ0v) is 16.1. The van der Waals surface area contributed by atoms with Gasteiger partial charge in [0.1, 0.15) is 12.4 Å². The number of carbonyl (C=O) groups excluding carboxylic acids is 2. The molecule has 0 unspecified atom stereocenters. The highest BCUT2D eigenvalue weighted by Gasteiger charge is 2.33. The number of rotatable bonds is 5. The lowest BCUT2D eigenvalue weighted by molar-refractivity contribution is -0.139. The van der Waals surface area contributed by atoms with E-state index in [9.17, 15) is 9.59 Å². The van der Waals surface area contributed by atoms with Crippen LogP contribution in [-0.4, -0.2) is 55.6 Å². The molecule has 0 radical (unpaired) electrons. The molecule has 1 N–H and O–H groups in total. The lowest BCUT2D eigenvalue weighted by Crippen LogP contribution is -2.57. The fourth-order valence-corrected chi connectivity index (χ4v) is 3.75. The van der Waals surface area contributed by atoms with Gasteiger partial charge in [-0.05, 0) is 25.1 Å². The average molecular weight is 380 g/mol. The Labute approximate surface area is 163 Å². The first-order chi connectivity index (χ1) is 13.6. The van der Waals surface area contributed by atoms with E-state index in [0.717, 1.165) is 28.8 Å². The highest BCUT2D eigenvalue weighted by molar-refractivity contribution is 5.99. The van der Waals surface area contributed by atoms with Gasteiger partial charge in [0.25, 0.3) is 0 Å². The van der Waals surface area contributed by atoms with Crippen LogP contribution < -0.4 is 4.90 Å². The number of nitrogens with one attached hydrogen (secondary N) is 1. The molecule has 146 valence electrons. The number of hydrogen-bond donors (Lipinski definition) is 1. The molecule has 3 heterocycles. The maximum atomic E-state index is 12.8. The lowest BCUT2D eigenvalue weighted by Gasteiger charge is -2.39. The molecule has 3 aromatic rings. The molecular formula is C20H24N6O2. The van der Waals surface area contributed by atoms with Crippen LogP contribution in [-0.2, 0) is 22.6 Å². The van der Waals surface area contributed by atoms with Gasteiger partial charge in [-0.25, -0.2) is 4.98 Å². The fourth-order valence-electron chi connectivity index (χ4n) is 3.75. The summed E-state index contributed by atoms with van der Waals surface area (Å²) in [4.78, 5) is 33.2. The molecular weight excluding hydrogens is 356 g/mol. The zero-order valence-electron chi connectivity index (χ0n) is 16.1. The summed E-state index contributed by atoms with van der Waals surface area (Å²) in [7, 11) is 0. The first kappa shape index (κ1) is 18.2. The minimum absolute atomic E-state index is 0.000253. The van der Waals surface area contributed by atoms with Crippen molar-refractivity contribution >= 4 is 28.4 Å². The molecule has 2 aromatic heterocycles. The Bertz CT molecular complexity index is 1010. The lowest BCUT2D eigenvalue weighted by atomic mass is 10.1. The quantitative estimate of drug-likeness (QED) is 0.733. The number of H-pyrrole nitrogens is 1. The predicted molar refractivity (Wildman–Crippen MR) is 106 cm³/mol.